The van der Waals surface area contributed by atoms with Crippen molar-refractivity contribution in [2.24, 2.45) is 5.92 Å². The Kier molecular flexibility index (Phi) is 7.90. The zero-order valence-electron chi connectivity index (χ0n) is 16.0. The minimum absolute atomic E-state index is 0.0674. The first-order chi connectivity index (χ1) is 13.2. The van der Waals surface area contributed by atoms with Crippen LogP contribution in [0, 0.1) is 11.7 Å². The predicted octanol–water partition coefficient (Wildman–Crippen LogP) is 0.841. The van der Waals surface area contributed by atoms with Gasteiger partial charge in [-0.2, -0.15) is 4.31 Å². The Balaban J connectivity index is 1.98. The van der Waals surface area contributed by atoms with E-state index in [-0.39, 0.29) is 18.0 Å². The lowest BCUT2D eigenvalue weighted by atomic mass is 10.1. The summed E-state index contributed by atoms with van der Waals surface area (Å²) in [5.41, 5.74) is 0. The fourth-order valence-corrected chi connectivity index (χ4v) is 4.22. The molecule has 2 amide bonds. The molecule has 1 fully saturated rings. The predicted molar refractivity (Wildman–Crippen MR) is 100 cm³/mol. The lowest BCUT2D eigenvalue weighted by molar-refractivity contribution is -0.140. The van der Waals surface area contributed by atoms with E-state index in [4.69, 9.17) is 4.74 Å². The number of carbonyl (C=O) groups excluding carboxylic acids is 2. The zero-order chi connectivity index (χ0) is 20.7. The lowest BCUT2D eigenvalue weighted by Gasteiger charge is -2.34. The first-order valence-corrected chi connectivity index (χ1v) is 10.6. The Morgan fingerprint density at radius 1 is 1.21 bits per heavy atom. The van der Waals surface area contributed by atoms with Gasteiger partial charge < -0.3 is 15.4 Å². The van der Waals surface area contributed by atoms with Gasteiger partial charge in [-0.1, -0.05) is 13.8 Å². The maximum absolute atomic E-state index is 13.1. The van der Waals surface area contributed by atoms with E-state index in [2.05, 4.69) is 10.6 Å². The largest absolute Gasteiger partial charge is 0.360 e. The molecule has 1 aromatic rings. The van der Waals surface area contributed by atoms with Gasteiger partial charge in [0.2, 0.25) is 10.0 Å². The summed E-state index contributed by atoms with van der Waals surface area (Å²) >= 11 is 0. The van der Waals surface area contributed by atoms with Crippen LogP contribution in [-0.2, 0) is 24.3 Å². The van der Waals surface area contributed by atoms with Crippen molar-refractivity contribution in [2.75, 3.05) is 26.2 Å². The number of carbonyl (C=O) groups is 2. The second-order valence-corrected chi connectivity index (χ2v) is 8.79. The summed E-state index contributed by atoms with van der Waals surface area (Å²) in [7, 11) is -3.93. The summed E-state index contributed by atoms with van der Waals surface area (Å²) in [6.07, 6.45) is 0.283. The van der Waals surface area contributed by atoms with Gasteiger partial charge in [-0.3, -0.25) is 9.59 Å². The molecule has 1 aromatic carbocycles. The van der Waals surface area contributed by atoms with Crippen molar-refractivity contribution in [2.45, 2.75) is 37.8 Å². The molecule has 0 aliphatic carbocycles. The van der Waals surface area contributed by atoms with Crippen LogP contribution in [0.3, 0.4) is 0 Å². The first kappa shape index (κ1) is 22.3. The van der Waals surface area contributed by atoms with E-state index in [1.54, 1.807) is 0 Å². The van der Waals surface area contributed by atoms with Crippen molar-refractivity contribution in [1.29, 1.82) is 0 Å². The molecule has 1 saturated heterocycles. The molecule has 156 valence electrons. The van der Waals surface area contributed by atoms with Crippen LogP contribution in [-0.4, -0.2) is 57.0 Å². The molecule has 1 aliphatic heterocycles. The molecule has 1 aliphatic rings. The SMILES string of the molecule is CC(C)CCNC(=O)C(=O)NCC1OCCCN1S(=O)(=O)c1ccc(F)cc1. The van der Waals surface area contributed by atoms with Crippen LogP contribution < -0.4 is 10.6 Å². The fraction of sp³-hybridized carbons (Fsp3) is 0.556. The van der Waals surface area contributed by atoms with Crippen molar-refractivity contribution < 1.29 is 27.1 Å². The van der Waals surface area contributed by atoms with Gasteiger partial charge >= 0.3 is 11.8 Å². The average molecular weight is 415 g/mol. The summed E-state index contributed by atoms with van der Waals surface area (Å²) in [6.45, 7) is 4.74. The Morgan fingerprint density at radius 3 is 2.50 bits per heavy atom. The maximum atomic E-state index is 13.1. The highest BCUT2D eigenvalue weighted by Gasteiger charge is 2.34. The molecule has 0 aromatic heterocycles. The summed E-state index contributed by atoms with van der Waals surface area (Å²) < 4.78 is 45.3. The van der Waals surface area contributed by atoms with E-state index in [1.165, 1.54) is 12.1 Å². The number of rotatable bonds is 7. The number of hydrogen-bond acceptors (Lipinski definition) is 5. The highest BCUT2D eigenvalue weighted by Crippen LogP contribution is 2.22. The Morgan fingerprint density at radius 2 is 1.86 bits per heavy atom. The van der Waals surface area contributed by atoms with E-state index in [9.17, 15) is 22.4 Å². The minimum Gasteiger partial charge on any atom is -0.360 e. The normalized spacial score (nSPS) is 18.1. The molecule has 1 atom stereocenters. The lowest BCUT2D eigenvalue weighted by Crippen LogP contribution is -2.53. The monoisotopic (exact) mass is 415 g/mol. The number of amides is 2. The summed E-state index contributed by atoms with van der Waals surface area (Å²) in [6, 6.07) is 4.49. The Hall–Kier alpha value is -2.04. The Bertz CT molecular complexity index is 783. The van der Waals surface area contributed by atoms with Crippen LogP contribution >= 0.6 is 0 Å². The Labute approximate surface area is 164 Å². The number of ether oxygens (including phenoxy) is 1. The quantitative estimate of drug-likeness (QED) is 0.642. The number of sulfonamides is 1. The van der Waals surface area contributed by atoms with Crippen LogP contribution in [0.5, 0.6) is 0 Å². The number of halogens is 1. The number of nitrogens with one attached hydrogen (secondary N) is 2. The van der Waals surface area contributed by atoms with Gasteiger partial charge in [-0.25, -0.2) is 12.8 Å². The second-order valence-electron chi connectivity index (χ2n) is 6.90. The van der Waals surface area contributed by atoms with Gasteiger partial charge in [-0.15, -0.1) is 0 Å². The third-order valence-electron chi connectivity index (χ3n) is 4.23. The van der Waals surface area contributed by atoms with E-state index < -0.39 is 33.9 Å². The van der Waals surface area contributed by atoms with Gasteiger partial charge in [0.15, 0.2) is 0 Å². The molecule has 0 radical (unpaired) electrons. The van der Waals surface area contributed by atoms with Crippen molar-refractivity contribution in [3.8, 4) is 0 Å². The van der Waals surface area contributed by atoms with Gasteiger partial charge in [0.1, 0.15) is 12.0 Å². The molecule has 2 N–H and O–H groups in total. The summed E-state index contributed by atoms with van der Waals surface area (Å²) in [5, 5.41) is 4.93. The fourth-order valence-electron chi connectivity index (χ4n) is 2.66. The average Bonchev–Trinajstić information content (AvgIpc) is 2.66. The van der Waals surface area contributed by atoms with Crippen LogP contribution in [0.15, 0.2) is 29.2 Å². The minimum atomic E-state index is -3.93. The summed E-state index contributed by atoms with van der Waals surface area (Å²) in [4.78, 5) is 23.7. The highest BCUT2D eigenvalue weighted by atomic mass is 32.2. The van der Waals surface area contributed by atoms with Crippen LogP contribution in [0.4, 0.5) is 4.39 Å². The molecule has 1 heterocycles. The number of nitrogens with zero attached hydrogens (tertiary/aromatic N) is 1. The van der Waals surface area contributed by atoms with E-state index in [1.807, 2.05) is 13.8 Å². The van der Waals surface area contributed by atoms with Crippen molar-refractivity contribution in [3.05, 3.63) is 30.1 Å². The molecule has 2 rings (SSSR count). The number of benzene rings is 1. The van der Waals surface area contributed by atoms with Crippen molar-refractivity contribution in [3.63, 3.8) is 0 Å². The molecular formula is C18H26FN3O5S. The molecular weight excluding hydrogens is 389 g/mol. The molecule has 10 heteroatoms. The highest BCUT2D eigenvalue weighted by molar-refractivity contribution is 7.89. The molecule has 0 bridgehead atoms. The van der Waals surface area contributed by atoms with Gasteiger partial charge in [0.05, 0.1) is 18.0 Å². The zero-order valence-corrected chi connectivity index (χ0v) is 16.8. The van der Waals surface area contributed by atoms with Crippen molar-refractivity contribution in [1.82, 2.24) is 14.9 Å². The molecule has 8 nitrogen and oxygen atoms in total. The smallest absolute Gasteiger partial charge is 0.309 e. The standard InChI is InChI=1S/C18H26FN3O5S/c1-13(2)8-9-20-17(23)18(24)21-12-16-22(10-3-11-27-16)28(25,26)15-6-4-14(19)5-7-15/h4-7,13,16H,3,8-12H2,1-2H3,(H,20,23)(H,21,24). The summed E-state index contributed by atoms with van der Waals surface area (Å²) in [5.74, 6) is -1.77. The van der Waals surface area contributed by atoms with Crippen LogP contribution in [0.1, 0.15) is 26.7 Å². The molecule has 0 spiro atoms. The maximum Gasteiger partial charge on any atom is 0.309 e. The van der Waals surface area contributed by atoms with E-state index in [0.29, 0.717) is 25.5 Å². The molecule has 28 heavy (non-hydrogen) atoms. The van der Waals surface area contributed by atoms with Gasteiger partial charge in [0, 0.05) is 13.1 Å². The first-order valence-electron chi connectivity index (χ1n) is 9.17. The molecule has 1 unspecified atom stereocenters. The van der Waals surface area contributed by atoms with Gasteiger partial charge in [-0.05, 0) is 43.0 Å². The van der Waals surface area contributed by atoms with Crippen LogP contribution in [0.2, 0.25) is 0 Å². The third-order valence-corrected chi connectivity index (χ3v) is 6.13. The van der Waals surface area contributed by atoms with Gasteiger partial charge in [0.25, 0.3) is 0 Å². The van der Waals surface area contributed by atoms with E-state index in [0.717, 1.165) is 22.9 Å². The van der Waals surface area contributed by atoms with Crippen molar-refractivity contribution >= 4 is 21.8 Å². The van der Waals surface area contributed by atoms with Crippen LogP contribution in [0.25, 0.3) is 0 Å². The second kappa shape index (κ2) is 9.94. The number of hydrogen-bond donors (Lipinski definition) is 2. The molecule has 0 saturated carbocycles. The topological polar surface area (TPSA) is 105 Å². The van der Waals surface area contributed by atoms with E-state index >= 15 is 0 Å². The third kappa shape index (κ3) is 5.98.